The van der Waals surface area contributed by atoms with E-state index in [9.17, 15) is 26.7 Å². The van der Waals surface area contributed by atoms with Crippen LogP contribution in [0.1, 0.15) is 12.5 Å². The van der Waals surface area contributed by atoms with Crippen molar-refractivity contribution in [2.75, 3.05) is 6.61 Å². The lowest BCUT2D eigenvalue weighted by molar-refractivity contribution is -0.131. The molecular weight excluding hydrogens is 393 g/mol. The zero-order valence-electron chi connectivity index (χ0n) is 14.8. The first-order chi connectivity index (χ1) is 13.2. The van der Waals surface area contributed by atoms with Gasteiger partial charge in [0.05, 0.1) is 11.5 Å². The van der Waals surface area contributed by atoms with Gasteiger partial charge < -0.3 is 9.84 Å². The SMILES string of the molecule is CCO/C(=C(\C(O)C#Cc1ccccc1)S(=O)(=O)c1ccccc1)C(F)(F)F. The highest BCUT2D eigenvalue weighted by Crippen LogP contribution is 2.35. The number of hydrogen-bond donors (Lipinski definition) is 1. The van der Waals surface area contributed by atoms with Crippen LogP contribution in [0, 0.1) is 11.8 Å². The number of benzene rings is 2. The molecule has 8 heteroatoms. The molecule has 2 aromatic rings. The standard InChI is InChI=1S/C20H17F3O4S/c1-2-27-19(20(21,22)23)18(28(25,26)16-11-7-4-8-12-16)17(24)14-13-15-9-5-3-6-10-15/h3-12,17,24H,2H2,1H3/b19-18+. The molecule has 0 saturated carbocycles. The van der Waals surface area contributed by atoms with E-state index in [1.807, 2.05) is 0 Å². The fraction of sp³-hybridized carbons (Fsp3) is 0.200. The Morgan fingerprint density at radius 3 is 2.11 bits per heavy atom. The van der Waals surface area contributed by atoms with Crippen molar-refractivity contribution in [1.29, 1.82) is 0 Å². The third kappa shape index (κ3) is 5.15. The van der Waals surface area contributed by atoms with Crippen molar-refractivity contribution in [3.05, 3.63) is 76.9 Å². The number of aliphatic hydroxyl groups excluding tert-OH is 1. The van der Waals surface area contributed by atoms with Crippen molar-refractivity contribution in [1.82, 2.24) is 0 Å². The summed E-state index contributed by atoms with van der Waals surface area (Å²) >= 11 is 0. The van der Waals surface area contributed by atoms with Crippen molar-refractivity contribution in [3.63, 3.8) is 0 Å². The number of hydrogen-bond acceptors (Lipinski definition) is 4. The van der Waals surface area contributed by atoms with E-state index in [0.29, 0.717) is 5.56 Å². The summed E-state index contributed by atoms with van der Waals surface area (Å²) in [5, 5.41) is 10.3. The van der Waals surface area contributed by atoms with Gasteiger partial charge >= 0.3 is 6.18 Å². The minimum atomic E-state index is -5.14. The van der Waals surface area contributed by atoms with Crippen LogP contribution in [0.3, 0.4) is 0 Å². The second kappa shape index (κ2) is 8.95. The van der Waals surface area contributed by atoms with Gasteiger partial charge in [-0.3, -0.25) is 0 Å². The molecule has 0 bridgehead atoms. The molecule has 0 aliphatic carbocycles. The molecule has 0 saturated heterocycles. The second-order valence-corrected chi connectivity index (χ2v) is 7.40. The number of sulfone groups is 1. The van der Waals surface area contributed by atoms with Gasteiger partial charge in [0.15, 0.2) is 6.10 Å². The van der Waals surface area contributed by atoms with Crippen LogP contribution in [0.5, 0.6) is 0 Å². The Bertz CT molecular complexity index is 986. The summed E-state index contributed by atoms with van der Waals surface area (Å²) in [5.41, 5.74) is 0.406. The maximum atomic E-state index is 13.5. The molecule has 0 radical (unpaired) electrons. The maximum absolute atomic E-state index is 13.5. The summed E-state index contributed by atoms with van der Waals surface area (Å²) in [4.78, 5) is -1.75. The predicted octanol–water partition coefficient (Wildman–Crippen LogP) is 3.68. The van der Waals surface area contributed by atoms with Crippen molar-refractivity contribution in [2.24, 2.45) is 0 Å². The third-order valence-electron chi connectivity index (χ3n) is 3.49. The lowest BCUT2D eigenvalue weighted by Crippen LogP contribution is -2.27. The van der Waals surface area contributed by atoms with Gasteiger partial charge in [0.1, 0.15) is 4.91 Å². The van der Waals surface area contributed by atoms with Crippen LogP contribution in [-0.2, 0) is 14.6 Å². The van der Waals surface area contributed by atoms with E-state index in [1.165, 1.54) is 25.1 Å². The Morgan fingerprint density at radius 1 is 1.07 bits per heavy atom. The molecule has 0 aliphatic rings. The minimum absolute atomic E-state index is 0.406. The monoisotopic (exact) mass is 410 g/mol. The first kappa shape index (κ1) is 21.5. The number of ether oxygens (including phenoxy) is 1. The summed E-state index contributed by atoms with van der Waals surface area (Å²) in [6.07, 6.45) is -7.38. The number of alkyl halides is 3. The largest absolute Gasteiger partial charge is 0.488 e. The van der Waals surface area contributed by atoms with Crippen molar-refractivity contribution < 1.29 is 31.4 Å². The fourth-order valence-corrected chi connectivity index (χ4v) is 3.84. The molecule has 1 N–H and O–H groups in total. The Morgan fingerprint density at radius 2 is 1.61 bits per heavy atom. The number of allylic oxidation sites excluding steroid dienone is 1. The quantitative estimate of drug-likeness (QED) is 0.603. The molecule has 0 amide bonds. The Hall–Kier alpha value is -2.76. The van der Waals surface area contributed by atoms with Crippen LogP contribution in [0.15, 0.2) is 76.2 Å². The van der Waals surface area contributed by atoms with Gasteiger partial charge in [-0.25, -0.2) is 8.42 Å². The van der Waals surface area contributed by atoms with E-state index in [2.05, 4.69) is 16.6 Å². The molecule has 4 nitrogen and oxygen atoms in total. The summed E-state index contributed by atoms with van der Waals surface area (Å²) in [6.45, 7) is 0.835. The zero-order chi connectivity index (χ0) is 20.8. The Labute approximate surface area is 161 Å². The van der Waals surface area contributed by atoms with Crippen molar-refractivity contribution in [2.45, 2.75) is 24.1 Å². The first-order valence-corrected chi connectivity index (χ1v) is 9.65. The topological polar surface area (TPSA) is 63.6 Å². The van der Waals surface area contributed by atoms with Gasteiger partial charge in [0.2, 0.25) is 15.6 Å². The van der Waals surface area contributed by atoms with Crippen LogP contribution >= 0.6 is 0 Å². The number of aliphatic hydroxyl groups is 1. The van der Waals surface area contributed by atoms with Crippen LogP contribution < -0.4 is 0 Å². The van der Waals surface area contributed by atoms with Crippen molar-refractivity contribution in [3.8, 4) is 11.8 Å². The molecule has 1 unspecified atom stereocenters. The number of halogens is 3. The van der Waals surface area contributed by atoms with Crippen LogP contribution in [0.2, 0.25) is 0 Å². The highest BCUT2D eigenvalue weighted by atomic mass is 32.2. The molecule has 1 atom stereocenters. The fourth-order valence-electron chi connectivity index (χ4n) is 2.30. The molecule has 2 aromatic carbocycles. The first-order valence-electron chi connectivity index (χ1n) is 8.17. The van der Waals surface area contributed by atoms with Gasteiger partial charge in [-0.1, -0.05) is 48.2 Å². The number of rotatable bonds is 5. The molecular formula is C20H17F3O4S. The van der Waals surface area contributed by atoms with Gasteiger partial charge in [0.25, 0.3) is 0 Å². The van der Waals surface area contributed by atoms with Gasteiger partial charge in [-0.15, -0.1) is 0 Å². The van der Waals surface area contributed by atoms with E-state index >= 15 is 0 Å². The molecule has 0 aliphatic heterocycles. The van der Waals surface area contributed by atoms with E-state index in [0.717, 1.165) is 12.1 Å². The summed E-state index contributed by atoms with van der Waals surface area (Å²) in [6, 6.07) is 14.7. The van der Waals surface area contributed by atoms with E-state index in [-0.39, 0.29) is 0 Å². The predicted molar refractivity (Wildman–Crippen MR) is 97.7 cm³/mol. The van der Waals surface area contributed by atoms with E-state index in [1.54, 1.807) is 30.3 Å². The normalized spacial score (nSPS) is 13.8. The molecule has 0 fully saturated rings. The second-order valence-electron chi connectivity index (χ2n) is 5.48. The molecule has 0 heterocycles. The molecule has 0 aromatic heterocycles. The average Bonchev–Trinajstić information content (AvgIpc) is 2.66. The van der Waals surface area contributed by atoms with Crippen LogP contribution in [0.4, 0.5) is 13.2 Å². The highest BCUT2D eigenvalue weighted by Gasteiger charge is 2.44. The highest BCUT2D eigenvalue weighted by molar-refractivity contribution is 7.95. The third-order valence-corrected chi connectivity index (χ3v) is 5.37. The molecule has 0 spiro atoms. The van der Waals surface area contributed by atoms with Gasteiger partial charge in [-0.2, -0.15) is 13.2 Å². The Kier molecular flexibility index (Phi) is 6.89. The lowest BCUT2D eigenvalue weighted by Gasteiger charge is -2.19. The van der Waals surface area contributed by atoms with E-state index in [4.69, 9.17) is 0 Å². The lowest BCUT2D eigenvalue weighted by atomic mass is 10.2. The smallest absolute Gasteiger partial charge is 0.450 e. The summed E-state index contributed by atoms with van der Waals surface area (Å²) < 4.78 is 70.9. The zero-order valence-corrected chi connectivity index (χ0v) is 15.6. The van der Waals surface area contributed by atoms with E-state index < -0.39 is 44.3 Å². The average molecular weight is 410 g/mol. The molecule has 28 heavy (non-hydrogen) atoms. The summed E-state index contributed by atoms with van der Waals surface area (Å²) in [5.74, 6) is 2.87. The molecule has 148 valence electrons. The van der Waals surface area contributed by atoms with Gasteiger partial charge in [0, 0.05) is 5.56 Å². The van der Waals surface area contributed by atoms with Crippen LogP contribution in [-0.4, -0.2) is 32.4 Å². The molecule has 2 rings (SSSR count). The van der Waals surface area contributed by atoms with Gasteiger partial charge in [-0.05, 0) is 31.2 Å². The minimum Gasteiger partial charge on any atom is -0.488 e. The summed E-state index contributed by atoms with van der Waals surface area (Å²) in [7, 11) is -4.73. The van der Waals surface area contributed by atoms with Crippen molar-refractivity contribution >= 4 is 9.84 Å². The Balaban J connectivity index is 2.68. The van der Waals surface area contributed by atoms with Crippen LogP contribution in [0.25, 0.3) is 0 Å². The maximum Gasteiger partial charge on any atom is 0.450 e.